The number of piperidine rings is 1. The summed E-state index contributed by atoms with van der Waals surface area (Å²) in [5, 5.41) is 0. The van der Waals surface area contributed by atoms with E-state index >= 15 is 0 Å². The van der Waals surface area contributed by atoms with Gasteiger partial charge in [-0.15, -0.1) is 12.4 Å². The molecule has 108 valence electrons. The van der Waals surface area contributed by atoms with E-state index in [1.165, 1.54) is 31.5 Å². The van der Waals surface area contributed by atoms with Gasteiger partial charge in [0.1, 0.15) is 0 Å². The fourth-order valence-electron chi connectivity index (χ4n) is 2.81. The Morgan fingerprint density at radius 1 is 1.26 bits per heavy atom. The molecule has 19 heavy (non-hydrogen) atoms. The maximum Gasteiger partial charge on any atom is 0.0320 e. The fraction of sp³-hybridized carbons (Fsp3) is 0.600. The minimum Gasteiger partial charge on any atom is -0.328 e. The predicted octanol–water partition coefficient (Wildman–Crippen LogP) is 3.99. The van der Waals surface area contributed by atoms with Crippen molar-refractivity contribution in [2.75, 3.05) is 13.1 Å². The van der Waals surface area contributed by atoms with Crippen molar-refractivity contribution in [3.63, 3.8) is 0 Å². The van der Waals surface area contributed by atoms with Gasteiger partial charge < -0.3 is 5.73 Å². The quantitative estimate of drug-likeness (QED) is 0.895. The first-order valence-electron chi connectivity index (χ1n) is 6.83. The summed E-state index contributed by atoms with van der Waals surface area (Å²) in [7, 11) is 0. The SMILES string of the molecule is CC(N)C1CCN(C(C)c2cccc(Br)c2)CC1.Cl. The highest BCUT2D eigenvalue weighted by molar-refractivity contribution is 9.10. The predicted molar refractivity (Wildman–Crippen MR) is 87.8 cm³/mol. The van der Waals surface area contributed by atoms with Crippen LogP contribution in [0.5, 0.6) is 0 Å². The molecule has 1 saturated heterocycles. The fourth-order valence-corrected chi connectivity index (χ4v) is 3.23. The first-order chi connectivity index (χ1) is 8.58. The monoisotopic (exact) mass is 346 g/mol. The Bertz CT molecular complexity index is 389. The molecule has 4 heteroatoms. The van der Waals surface area contributed by atoms with Crippen LogP contribution in [0.1, 0.15) is 38.3 Å². The molecule has 0 saturated carbocycles. The number of hydrogen-bond donors (Lipinski definition) is 1. The third kappa shape index (κ3) is 4.45. The zero-order chi connectivity index (χ0) is 13.1. The molecule has 1 fully saturated rings. The Morgan fingerprint density at radius 2 is 1.89 bits per heavy atom. The van der Waals surface area contributed by atoms with Gasteiger partial charge in [-0.05, 0) is 63.4 Å². The molecule has 2 unspecified atom stereocenters. The molecule has 0 amide bonds. The smallest absolute Gasteiger partial charge is 0.0320 e. The molecule has 0 bridgehead atoms. The molecule has 0 radical (unpaired) electrons. The first-order valence-corrected chi connectivity index (χ1v) is 7.62. The summed E-state index contributed by atoms with van der Waals surface area (Å²) < 4.78 is 1.16. The highest BCUT2D eigenvalue weighted by atomic mass is 79.9. The average molecular weight is 348 g/mol. The molecule has 2 N–H and O–H groups in total. The van der Waals surface area contributed by atoms with Crippen LogP contribution >= 0.6 is 28.3 Å². The van der Waals surface area contributed by atoms with E-state index in [0.29, 0.717) is 18.0 Å². The van der Waals surface area contributed by atoms with E-state index in [1.54, 1.807) is 0 Å². The molecule has 1 aromatic carbocycles. The maximum absolute atomic E-state index is 5.99. The summed E-state index contributed by atoms with van der Waals surface area (Å²) in [6, 6.07) is 9.48. The van der Waals surface area contributed by atoms with Crippen molar-refractivity contribution in [2.45, 2.75) is 38.8 Å². The summed E-state index contributed by atoms with van der Waals surface area (Å²) >= 11 is 3.55. The zero-order valence-electron chi connectivity index (χ0n) is 11.7. The Morgan fingerprint density at radius 3 is 2.42 bits per heavy atom. The number of rotatable bonds is 3. The van der Waals surface area contributed by atoms with Crippen LogP contribution < -0.4 is 5.73 Å². The minimum absolute atomic E-state index is 0. The second kappa shape index (κ2) is 7.63. The van der Waals surface area contributed by atoms with E-state index < -0.39 is 0 Å². The first kappa shape index (κ1) is 17.0. The van der Waals surface area contributed by atoms with Gasteiger partial charge in [0.05, 0.1) is 0 Å². The minimum atomic E-state index is 0. The lowest BCUT2D eigenvalue weighted by atomic mass is 9.90. The van der Waals surface area contributed by atoms with Gasteiger partial charge in [-0.3, -0.25) is 4.90 Å². The maximum atomic E-state index is 5.99. The number of nitrogens with zero attached hydrogens (tertiary/aromatic N) is 1. The Kier molecular flexibility index (Phi) is 6.81. The second-order valence-electron chi connectivity index (χ2n) is 5.46. The van der Waals surface area contributed by atoms with Gasteiger partial charge in [-0.2, -0.15) is 0 Å². The van der Waals surface area contributed by atoms with Crippen molar-refractivity contribution < 1.29 is 0 Å². The van der Waals surface area contributed by atoms with Crippen molar-refractivity contribution >= 4 is 28.3 Å². The number of nitrogens with two attached hydrogens (primary N) is 1. The molecule has 0 aromatic heterocycles. The van der Waals surface area contributed by atoms with E-state index in [1.807, 2.05) is 0 Å². The summed E-state index contributed by atoms with van der Waals surface area (Å²) in [6.07, 6.45) is 2.46. The van der Waals surface area contributed by atoms with Gasteiger partial charge in [-0.1, -0.05) is 28.1 Å². The van der Waals surface area contributed by atoms with Crippen LogP contribution in [0, 0.1) is 5.92 Å². The van der Waals surface area contributed by atoms with Gasteiger partial charge in [0.2, 0.25) is 0 Å². The van der Waals surface area contributed by atoms with Gasteiger partial charge in [-0.25, -0.2) is 0 Å². The molecule has 1 heterocycles. The van der Waals surface area contributed by atoms with E-state index in [4.69, 9.17) is 5.73 Å². The van der Waals surface area contributed by atoms with Crippen molar-refractivity contribution in [1.29, 1.82) is 0 Å². The summed E-state index contributed by atoms with van der Waals surface area (Å²) in [5.74, 6) is 0.705. The lowest BCUT2D eigenvalue weighted by Crippen LogP contribution is -2.40. The molecule has 0 aliphatic carbocycles. The topological polar surface area (TPSA) is 29.3 Å². The van der Waals surface area contributed by atoms with E-state index in [9.17, 15) is 0 Å². The molecule has 2 rings (SSSR count). The second-order valence-corrected chi connectivity index (χ2v) is 6.38. The molecule has 2 atom stereocenters. The molecular weight excluding hydrogens is 324 g/mol. The van der Waals surface area contributed by atoms with Crippen LogP contribution in [0.15, 0.2) is 28.7 Å². The van der Waals surface area contributed by atoms with Crippen LogP contribution in [0.2, 0.25) is 0 Å². The Labute approximate surface area is 131 Å². The summed E-state index contributed by atoms with van der Waals surface area (Å²) in [5.41, 5.74) is 7.39. The highest BCUT2D eigenvalue weighted by Gasteiger charge is 2.25. The normalized spacial score (nSPS) is 20.6. The number of likely N-dealkylation sites (tertiary alicyclic amines) is 1. The average Bonchev–Trinajstić information content (AvgIpc) is 2.38. The largest absolute Gasteiger partial charge is 0.328 e. The van der Waals surface area contributed by atoms with E-state index in [0.717, 1.165) is 4.47 Å². The lowest BCUT2D eigenvalue weighted by molar-refractivity contribution is 0.132. The summed E-state index contributed by atoms with van der Waals surface area (Å²) in [6.45, 7) is 6.77. The highest BCUT2D eigenvalue weighted by Crippen LogP contribution is 2.28. The number of halogens is 2. The van der Waals surface area contributed by atoms with Gasteiger partial charge in [0, 0.05) is 16.6 Å². The van der Waals surface area contributed by atoms with Crippen molar-refractivity contribution in [3.05, 3.63) is 34.3 Å². The third-order valence-corrected chi connectivity index (χ3v) is 4.69. The van der Waals surface area contributed by atoms with Gasteiger partial charge >= 0.3 is 0 Å². The molecule has 1 aromatic rings. The van der Waals surface area contributed by atoms with E-state index in [-0.39, 0.29) is 12.4 Å². The Hall–Kier alpha value is -0.0900. The molecule has 2 nitrogen and oxygen atoms in total. The number of hydrogen-bond acceptors (Lipinski definition) is 2. The Balaban J connectivity index is 0.00000180. The molecular formula is C15H24BrClN2. The van der Waals surface area contributed by atoms with Gasteiger partial charge in [0.15, 0.2) is 0 Å². The van der Waals surface area contributed by atoms with Crippen LogP contribution in [0.25, 0.3) is 0 Å². The van der Waals surface area contributed by atoms with Crippen molar-refractivity contribution in [1.82, 2.24) is 4.90 Å². The number of benzene rings is 1. The summed E-state index contributed by atoms with van der Waals surface area (Å²) in [4.78, 5) is 2.57. The van der Waals surface area contributed by atoms with E-state index in [2.05, 4.69) is 58.9 Å². The molecule has 1 aliphatic heterocycles. The molecule has 0 spiro atoms. The van der Waals surface area contributed by atoms with Crippen LogP contribution in [-0.4, -0.2) is 24.0 Å². The molecule has 1 aliphatic rings. The van der Waals surface area contributed by atoms with Crippen LogP contribution in [0.3, 0.4) is 0 Å². The van der Waals surface area contributed by atoms with Crippen molar-refractivity contribution in [2.24, 2.45) is 11.7 Å². The van der Waals surface area contributed by atoms with Crippen LogP contribution in [-0.2, 0) is 0 Å². The standard InChI is InChI=1S/C15H23BrN2.ClH/c1-11(17)13-6-8-18(9-7-13)12(2)14-4-3-5-15(16)10-14;/h3-5,10-13H,6-9,17H2,1-2H3;1H. The lowest BCUT2D eigenvalue weighted by Gasteiger charge is -2.37. The zero-order valence-corrected chi connectivity index (χ0v) is 14.1. The van der Waals surface area contributed by atoms with Crippen LogP contribution in [0.4, 0.5) is 0 Å². The van der Waals surface area contributed by atoms with Gasteiger partial charge in [0.25, 0.3) is 0 Å². The van der Waals surface area contributed by atoms with Crippen molar-refractivity contribution in [3.8, 4) is 0 Å². The third-order valence-electron chi connectivity index (χ3n) is 4.20.